The molecule has 3 heterocycles. The fourth-order valence-corrected chi connectivity index (χ4v) is 5.30. The van der Waals surface area contributed by atoms with Gasteiger partial charge in [0.15, 0.2) is 5.54 Å². The SMILES string of the molecule is C=CCN1C(=O)C2(/C(=C(\O)c3ccc(C)c(F)c3)C(=O)C(=O)N2CC2CCCO2)c2ccccc21. The van der Waals surface area contributed by atoms with E-state index >= 15 is 0 Å². The number of amides is 2. The summed E-state index contributed by atoms with van der Waals surface area (Å²) in [7, 11) is 0. The summed E-state index contributed by atoms with van der Waals surface area (Å²) in [5.74, 6) is -3.63. The number of halogens is 1. The first-order valence-corrected chi connectivity index (χ1v) is 11.5. The summed E-state index contributed by atoms with van der Waals surface area (Å²) < 4.78 is 20.1. The van der Waals surface area contributed by atoms with Crippen LogP contribution in [0.4, 0.5) is 10.1 Å². The molecule has 2 aromatic rings. The lowest BCUT2D eigenvalue weighted by atomic mass is 9.81. The number of ether oxygens (including phenoxy) is 1. The number of anilines is 1. The van der Waals surface area contributed by atoms with E-state index in [-0.39, 0.29) is 30.3 Å². The van der Waals surface area contributed by atoms with Crippen LogP contribution in [0.5, 0.6) is 0 Å². The topological polar surface area (TPSA) is 87.2 Å². The summed E-state index contributed by atoms with van der Waals surface area (Å²) in [5, 5.41) is 11.4. The molecule has 1 spiro atoms. The van der Waals surface area contributed by atoms with Gasteiger partial charge in [-0.1, -0.05) is 36.4 Å². The minimum Gasteiger partial charge on any atom is -0.507 e. The first-order valence-electron chi connectivity index (χ1n) is 11.5. The number of aryl methyl sites for hydroxylation is 1. The number of aliphatic hydroxyl groups is 1. The number of aliphatic hydroxyl groups excluding tert-OH is 1. The summed E-state index contributed by atoms with van der Waals surface area (Å²) in [5.41, 5.74) is -0.987. The third-order valence-corrected chi connectivity index (χ3v) is 6.98. The lowest BCUT2D eigenvalue weighted by molar-refractivity contribution is -0.145. The zero-order chi connectivity index (χ0) is 24.9. The molecule has 2 amide bonds. The van der Waals surface area contributed by atoms with E-state index in [4.69, 9.17) is 4.74 Å². The minimum absolute atomic E-state index is 0.00557. The number of benzene rings is 2. The van der Waals surface area contributed by atoms with Gasteiger partial charge < -0.3 is 19.6 Å². The van der Waals surface area contributed by atoms with E-state index in [1.807, 2.05) is 0 Å². The molecule has 5 rings (SSSR count). The Kier molecular flexibility index (Phi) is 5.56. The zero-order valence-electron chi connectivity index (χ0n) is 19.3. The Morgan fingerprint density at radius 3 is 2.71 bits per heavy atom. The van der Waals surface area contributed by atoms with Gasteiger partial charge in [-0.15, -0.1) is 6.58 Å². The monoisotopic (exact) mass is 476 g/mol. The van der Waals surface area contributed by atoms with Crippen molar-refractivity contribution >= 4 is 29.0 Å². The Bertz CT molecular complexity index is 1300. The van der Waals surface area contributed by atoms with Crippen molar-refractivity contribution < 1.29 is 28.6 Å². The number of carbonyl (C=O) groups is 3. The maximum absolute atomic E-state index is 14.4. The van der Waals surface area contributed by atoms with Gasteiger partial charge in [0.25, 0.3) is 17.6 Å². The Morgan fingerprint density at radius 1 is 1.26 bits per heavy atom. The largest absolute Gasteiger partial charge is 0.507 e. The number of carbonyl (C=O) groups excluding carboxylic acids is 3. The molecule has 0 radical (unpaired) electrons. The highest BCUT2D eigenvalue weighted by atomic mass is 19.1. The summed E-state index contributed by atoms with van der Waals surface area (Å²) in [6.07, 6.45) is 2.68. The molecule has 0 saturated carbocycles. The Labute approximate surface area is 202 Å². The second kappa shape index (κ2) is 8.46. The Morgan fingerprint density at radius 2 is 2.03 bits per heavy atom. The smallest absolute Gasteiger partial charge is 0.296 e. The van der Waals surface area contributed by atoms with Crippen LogP contribution < -0.4 is 4.90 Å². The zero-order valence-corrected chi connectivity index (χ0v) is 19.3. The van der Waals surface area contributed by atoms with Crippen LogP contribution in [0.2, 0.25) is 0 Å². The highest BCUT2D eigenvalue weighted by Crippen LogP contribution is 2.53. The summed E-state index contributed by atoms with van der Waals surface area (Å²) >= 11 is 0. The quantitative estimate of drug-likeness (QED) is 0.309. The van der Waals surface area contributed by atoms with Gasteiger partial charge in [-0.05, 0) is 37.5 Å². The van der Waals surface area contributed by atoms with Crippen LogP contribution in [0.1, 0.15) is 29.5 Å². The van der Waals surface area contributed by atoms with Crippen molar-refractivity contribution in [1.82, 2.24) is 4.90 Å². The predicted molar refractivity (Wildman–Crippen MR) is 127 cm³/mol. The molecule has 1 N–H and O–H groups in total. The first kappa shape index (κ1) is 23.0. The molecule has 0 aromatic heterocycles. The fourth-order valence-electron chi connectivity index (χ4n) is 5.30. The van der Waals surface area contributed by atoms with Gasteiger partial charge in [0.05, 0.1) is 17.4 Å². The van der Waals surface area contributed by atoms with Gasteiger partial charge in [-0.25, -0.2) is 4.39 Å². The number of Topliss-reactive ketones (excluding diaryl/α,β-unsaturated/α-hetero) is 1. The van der Waals surface area contributed by atoms with Gasteiger partial charge in [-0.2, -0.15) is 0 Å². The summed E-state index contributed by atoms with van der Waals surface area (Å²) in [4.78, 5) is 43.8. The van der Waals surface area contributed by atoms with Crippen molar-refractivity contribution in [3.05, 3.63) is 83.2 Å². The fraction of sp³-hybridized carbons (Fsp3) is 0.296. The van der Waals surface area contributed by atoms with Crippen molar-refractivity contribution in [2.24, 2.45) is 0 Å². The molecule has 35 heavy (non-hydrogen) atoms. The van der Waals surface area contributed by atoms with E-state index in [1.165, 1.54) is 21.9 Å². The van der Waals surface area contributed by atoms with Crippen LogP contribution in [-0.2, 0) is 24.7 Å². The number of fused-ring (bicyclic) bond motifs is 2. The van der Waals surface area contributed by atoms with Gasteiger partial charge >= 0.3 is 0 Å². The number of hydrogen-bond donors (Lipinski definition) is 1. The summed E-state index contributed by atoms with van der Waals surface area (Å²) in [6.45, 7) is 5.98. The van der Waals surface area contributed by atoms with Crippen LogP contribution in [-0.4, -0.2) is 53.4 Å². The average Bonchev–Trinajstić information content (AvgIpc) is 3.51. The molecule has 2 aromatic carbocycles. The second-order valence-electron chi connectivity index (χ2n) is 9.00. The lowest BCUT2D eigenvalue weighted by Gasteiger charge is -2.35. The van der Waals surface area contributed by atoms with E-state index < -0.39 is 34.7 Å². The van der Waals surface area contributed by atoms with Gasteiger partial charge in [0.1, 0.15) is 11.6 Å². The van der Waals surface area contributed by atoms with Crippen LogP contribution in [0, 0.1) is 12.7 Å². The molecule has 2 fully saturated rings. The Balaban J connectivity index is 1.80. The van der Waals surface area contributed by atoms with E-state index in [0.29, 0.717) is 29.8 Å². The lowest BCUT2D eigenvalue weighted by Crippen LogP contribution is -2.53. The Hall–Kier alpha value is -3.78. The molecule has 2 saturated heterocycles. The maximum Gasteiger partial charge on any atom is 0.296 e. The molecule has 2 unspecified atom stereocenters. The van der Waals surface area contributed by atoms with E-state index in [2.05, 4.69) is 6.58 Å². The maximum atomic E-state index is 14.4. The molecule has 0 aliphatic carbocycles. The molecule has 8 heteroatoms. The van der Waals surface area contributed by atoms with Crippen LogP contribution in [0.3, 0.4) is 0 Å². The molecule has 2 atom stereocenters. The number of hydrogen-bond acceptors (Lipinski definition) is 5. The predicted octanol–water partition coefficient (Wildman–Crippen LogP) is 3.42. The molecule has 0 bridgehead atoms. The summed E-state index contributed by atoms with van der Waals surface area (Å²) in [6, 6.07) is 10.9. The van der Waals surface area contributed by atoms with Gasteiger partial charge in [-0.3, -0.25) is 14.4 Å². The third kappa shape index (κ3) is 3.24. The van der Waals surface area contributed by atoms with Gasteiger partial charge in [0.2, 0.25) is 0 Å². The van der Waals surface area contributed by atoms with Crippen molar-refractivity contribution in [2.75, 3.05) is 24.6 Å². The van der Waals surface area contributed by atoms with Crippen molar-refractivity contribution in [3.8, 4) is 0 Å². The van der Waals surface area contributed by atoms with Crippen LogP contribution in [0.25, 0.3) is 5.76 Å². The molecular weight excluding hydrogens is 451 g/mol. The normalized spacial score (nSPS) is 25.1. The van der Waals surface area contributed by atoms with E-state index in [1.54, 1.807) is 37.3 Å². The number of likely N-dealkylation sites (tertiary alicyclic amines) is 1. The average molecular weight is 477 g/mol. The second-order valence-corrected chi connectivity index (χ2v) is 9.00. The van der Waals surface area contributed by atoms with Crippen molar-refractivity contribution in [3.63, 3.8) is 0 Å². The molecule has 3 aliphatic rings. The van der Waals surface area contributed by atoms with E-state index in [0.717, 1.165) is 12.5 Å². The van der Waals surface area contributed by atoms with Gasteiger partial charge in [0, 0.05) is 30.8 Å². The molecule has 7 nitrogen and oxygen atoms in total. The van der Waals surface area contributed by atoms with Crippen molar-refractivity contribution in [2.45, 2.75) is 31.4 Å². The van der Waals surface area contributed by atoms with E-state index in [9.17, 15) is 23.9 Å². The number of nitrogens with zero attached hydrogens (tertiary/aromatic N) is 2. The molecular formula is C27H25FN2O5. The highest BCUT2D eigenvalue weighted by Gasteiger charge is 2.67. The van der Waals surface area contributed by atoms with Crippen LogP contribution in [0.15, 0.2) is 60.7 Å². The number of para-hydroxylation sites is 1. The van der Waals surface area contributed by atoms with Crippen LogP contribution >= 0.6 is 0 Å². The number of rotatable bonds is 5. The minimum atomic E-state index is -1.90. The number of ketones is 1. The van der Waals surface area contributed by atoms with Crippen molar-refractivity contribution in [1.29, 1.82) is 0 Å². The standard InChI is InChI=1S/C27H25FN2O5/c1-3-12-29-21-9-5-4-8-19(21)27(26(29)34)22(23(31)17-11-10-16(2)20(28)14-17)24(32)25(33)30(27)15-18-7-6-13-35-18/h3-5,8-11,14,18,31H,1,6-7,12-13,15H2,2H3/b23-22-. The third-order valence-electron chi connectivity index (χ3n) is 6.98. The molecule has 3 aliphatic heterocycles. The first-order chi connectivity index (χ1) is 16.8. The molecule has 180 valence electrons. The highest BCUT2D eigenvalue weighted by molar-refractivity contribution is 6.50.